The van der Waals surface area contributed by atoms with Crippen molar-refractivity contribution in [1.29, 1.82) is 0 Å². The Morgan fingerprint density at radius 1 is 1.29 bits per heavy atom. The van der Waals surface area contributed by atoms with Gasteiger partial charge in [-0.15, -0.1) is 5.10 Å². The average Bonchev–Trinajstić information content (AvgIpc) is 3.26. The van der Waals surface area contributed by atoms with Crippen LogP contribution in [0.15, 0.2) is 22.9 Å². The number of rotatable bonds is 2. The lowest BCUT2D eigenvalue weighted by molar-refractivity contribution is 0.188. The van der Waals surface area contributed by atoms with E-state index in [-0.39, 0.29) is 5.69 Å². The van der Waals surface area contributed by atoms with Crippen LogP contribution < -0.4 is 5.32 Å². The van der Waals surface area contributed by atoms with Crippen molar-refractivity contribution < 1.29 is 22.5 Å². The summed E-state index contributed by atoms with van der Waals surface area (Å²) in [5, 5.41) is 14.3. The maximum Gasteiger partial charge on any atom is 0.322 e. The maximum atomic E-state index is 13.4. The Bertz CT molecular complexity index is 1040. The molecule has 0 spiro atoms. The Labute approximate surface area is 156 Å². The van der Waals surface area contributed by atoms with E-state index < -0.39 is 29.5 Å². The number of halogens is 3. The van der Waals surface area contributed by atoms with E-state index in [1.54, 1.807) is 20.2 Å². The SMILES string of the molecule is C[C@H]1c2c(noc2-c2cn(C)nn2)CCN1C(=O)Nc1cc(F)c(F)c(F)c1. The van der Waals surface area contributed by atoms with E-state index in [0.29, 0.717) is 35.7 Å². The molecule has 3 heterocycles. The van der Waals surface area contributed by atoms with Crippen LogP contribution in [0.25, 0.3) is 11.5 Å². The van der Waals surface area contributed by atoms with Gasteiger partial charge < -0.3 is 14.7 Å². The van der Waals surface area contributed by atoms with E-state index in [2.05, 4.69) is 20.8 Å². The number of amides is 2. The molecule has 1 atom stereocenters. The van der Waals surface area contributed by atoms with E-state index in [0.717, 1.165) is 12.1 Å². The fraction of sp³-hybridized carbons (Fsp3) is 0.294. The van der Waals surface area contributed by atoms with E-state index in [1.165, 1.54) is 9.58 Å². The molecule has 0 radical (unpaired) electrons. The van der Waals surface area contributed by atoms with Crippen LogP contribution in [0.3, 0.4) is 0 Å². The largest absolute Gasteiger partial charge is 0.354 e. The van der Waals surface area contributed by atoms with Crippen molar-refractivity contribution in [1.82, 2.24) is 25.1 Å². The third kappa shape index (κ3) is 2.98. The van der Waals surface area contributed by atoms with Gasteiger partial charge in [0.05, 0.1) is 17.9 Å². The standard InChI is InChI=1S/C17H15F3N6O2/c1-8-14-12(23-28-16(14)13-7-25(2)24-22-13)3-4-26(8)17(27)21-9-5-10(18)15(20)11(19)6-9/h5-8H,3-4H2,1-2H3,(H,21,27)/t8-/m0/s1. The molecule has 11 heteroatoms. The van der Waals surface area contributed by atoms with Gasteiger partial charge in [-0.1, -0.05) is 10.4 Å². The average molecular weight is 392 g/mol. The summed E-state index contributed by atoms with van der Waals surface area (Å²) < 4.78 is 46.8. The minimum atomic E-state index is -1.59. The van der Waals surface area contributed by atoms with Gasteiger partial charge in [-0.05, 0) is 6.92 Å². The van der Waals surface area contributed by atoms with E-state index in [9.17, 15) is 18.0 Å². The van der Waals surface area contributed by atoms with Gasteiger partial charge in [0.25, 0.3) is 0 Å². The number of benzene rings is 1. The normalized spacial score (nSPS) is 16.2. The first-order chi connectivity index (χ1) is 13.3. The highest BCUT2D eigenvalue weighted by Crippen LogP contribution is 2.36. The summed E-state index contributed by atoms with van der Waals surface area (Å²) in [7, 11) is 1.71. The van der Waals surface area contributed by atoms with Gasteiger partial charge in [-0.3, -0.25) is 4.68 Å². The van der Waals surface area contributed by atoms with Crippen LogP contribution in [0.5, 0.6) is 0 Å². The minimum absolute atomic E-state index is 0.182. The number of carbonyl (C=O) groups excluding carboxylic acids is 1. The Hall–Kier alpha value is -3.37. The van der Waals surface area contributed by atoms with Crippen LogP contribution in [-0.2, 0) is 13.5 Å². The highest BCUT2D eigenvalue weighted by atomic mass is 19.2. The molecular formula is C17H15F3N6O2. The molecule has 0 aliphatic carbocycles. The molecule has 1 N–H and O–H groups in total. The van der Waals surface area contributed by atoms with Gasteiger partial charge in [0, 0.05) is 43.4 Å². The van der Waals surface area contributed by atoms with Crippen molar-refractivity contribution >= 4 is 11.7 Å². The monoisotopic (exact) mass is 392 g/mol. The molecule has 2 aromatic heterocycles. The number of fused-ring (bicyclic) bond motifs is 1. The Morgan fingerprint density at radius 3 is 2.64 bits per heavy atom. The molecule has 0 unspecified atom stereocenters. The summed E-state index contributed by atoms with van der Waals surface area (Å²) in [6.07, 6.45) is 2.10. The Balaban J connectivity index is 1.60. The molecule has 2 amide bonds. The van der Waals surface area contributed by atoms with Crippen LogP contribution in [0, 0.1) is 17.5 Å². The van der Waals surface area contributed by atoms with Crippen molar-refractivity contribution in [2.24, 2.45) is 7.05 Å². The zero-order valence-corrected chi connectivity index (χ0v) is 14.9. The highest BCUT2D eigenvalue weighted by molar-refractivity contribution is 5.90. The molecule has 28 heavy (non-hydrogen) atoms. The fourth-order valence-corrected chi connectivity index (χ4v) is 3.25. The van der Waals surface area contributed by atoms with Crippen LogP contribution in [-0.4, -0.2) is 37.6 Å². The number of anilines is 1. The predicted octanol–water partition coefficient (Wildman–Crippen LogP) is 3.04. The third-order valence-corrected chi connectivity index (χ3v) is 4.61. The second-order valence-electron chi connectivity index (χ2n) is 6.45. The maximum absolute atomic E-state index is 13.4. The number of urea groups is 1. The second-order valence-corrected chi connectivity index (χ2v) is 6.45. The predicted molar refractivity (Wildman–Crippen MR) is 90.7 cm³/mol. The zero-order valence-electron chi connectivity index (χ0n) is 14.9. The first-order valence-electron chi connectivity index (χ1n) is 8.42. The summed E-state index contributed by atoms with van der Waals surface area (Å²) in [5.41, 5.74) is 1.70. The number of hydrogen-bond donors (Lipinski definition) is 1. The first kappa shape index (κ1) is 18.0. The van der Waals surface area contributed by atoms with Gasteiger partial charge in [-0.2, -0.15) is 0 Å². The molecule has 0 fully saturated rings. The third-order valence-electron chi connectivity index (χ3n) is 4.61. The molecule has 1 aliphatic rings. The van der Waals surface area contributed by atoms with Crippen LogP contribution >= 0.6 is 0 Å². The topological polar surface area (TPSA) is 89.1 Å². The summed E-state index contributed by atoms with van der Waals surface area (Å²) in [6.45, 7) is 2.10. The molecule has 146 valence electrons. The van der Waals surface area contributed by atoms with E-state index in [1.807, 2.05) is 0 Å². The smallest absolute Gasteiger partial charge is 0.322 e. The molecule has 1 aliphatic heterocycles. The second kappa shape index (κ2) is 6.66. The quantitative estimate of drug-likeness (QED) is 0.677. The fourth-order valence-electron chi connectivity index (χ4n) is 3.25. The summed E-state index contributed by atoms with van der Waals surface area (Å²) in [6, 6.07) is 0.415. The lowest BCUT2D eigenvalue weighted by atomic mass is 9.97. The molecule has 8 nitrogen and oxygen atoms in total. The number of carbonyl (C=O) groups is 1. The lowest BCUT2D eigenvalue weighted by Crippen LogP contribution is -2.41. The number of aryl methyl sites for hydroxylation is 1. The van der Waals surface area contributed by atoms with Crippen molar-refractivity contribution in [3.8, 4) is 11.5 Å². The number of nitrogens with one attached hydrogen (secondary N) is 1. The molecular weight excluding hydrogens is 377 g/mol. The minimum Gasteiger partial charge on any atom is -0.354 e. The van der Waals surface area contributed by atoms with Gasteiger partial charge in [0.2, 0.25) is 0 Å². The van der Waals surface area contributed by atoms with Crippen LogP contribution in [0.4, 0.5) is 23.7 Å². The van der Waals surface area contributed by atoms with Crippen LogP contribution in [0.2, 0.25) is 0 Å². The van der Waals surface area contributed by atoms with Crippen molar-refractivity contribution in [3.05, 3.63) is 47.0 Å². The summed E-state index contributed by atoms with van der Waals surface area (Å²) >= 11 is 0. The van der Waals surface area contributed by atoms with Gasteiger partial charge >= 0.3 is 6.03 Å². The number of aromatic nitrogens is 4. The molecule has 0 bridgehead atoms. The first-order valence-corrected chi connectivity index (χ1v) is 8.42. The van der Waals surface area contributed by atoms with Gasteiger partial charge in [0.1, 0.15) is 0 Å². The molecule has 4 rings (SSSR count). The molecule has 0 saturated heterocycles. The van der Waals surface area contributed by atoms with E-state index in [4.69, 9.17) is 4.52 Å². The van der Waals surface area contributed by atoms with Gasteiger partial charge in [-0.25, -0.2) is 18.0 Å². The Morgan fingerprint density at radius 2 is 2.00 bits per heavy atom. The summed E-state index contributed by atoms with van der Waals surface area (Å²) in [5.74, 6) is -3.94. The van der Waals surface area contributed by atoms with Crippen LogP contribution in [0.1, 0.15) is 24.2 Å². The number of hydrogen-bond acceptors (Lipinski definition) is 5. The molecule has 0 saturated carbocycles. The molecule has 3 aromatic rings. The highest BCUT2D eigenvalue weighted by Gasteiger charge is 2.34. The van der Waals surface area contributed by atoms with E-state index >= 15 is 0 Å². The lowest BCUT2D eigenvalue weighted by Gasteiger charge is -2.32. The summed E-state index contributed by atoms with van der Waals surface area (Å²) in [4.78, 5) is 14.1. The zero-order chi connectivity index (χ0) is 20.0. The molecule has 1 aromatic carbocycles. The van der Waals surface area contributed by atoms with Crippen molar-refractivity contribution in [2.45, 2.75) is 19.4 Å². The van der Waals surface area contributed by atoms with Crippen molar-refractivity contribution in [3.63, 3.8) is 0 Å². The van der Waals surface area contributed by atoms with Crippen molar-refractivity contribution in [2.75, 3.05) is 11.9 Å². The van der Waals surface area contributed by atoms with Gasteiger partial charge in [0.15, 0.2) is 28.9 Å². The Kier molecular flexibility index (Phi) is 4.28. The number of nitrogens with zero attached hydrogens (tertiary/aromatic N) is 5.